The summed E-state index contributed by atoms with van der Waals surface area (Å²) in [5.41, 5.74) is 0.202. The molecule has 120 valence electrons. The maximum absolute atomic E-state index is 12.2. The minimum Gasteiger partial charge on any atom is -0.341 e. The predicted molar refractivity (Wildman–Crippen MR) is 82.7 cm³/mol. The van der Waals surface area contributed by atoms with E-state index in [0.29, 0.717) is 6.54 Å². The smallest absolute Gasteiger partial charge is 0.241 e. The van der Waals surface area contributed by atoms with E-state index in [4.69, 9.17) is 0 Å². The Morgan fingerprint density at radius 2 is 2.05 bits per heavy atom. The molecule has 2 fully saturated rings. The quantitative estimate of drug-likeness (QED) is 0.828. The summed E-state index contributed by atoms with van der Waals surface area (Å²) in [6, 6.07) is 8.11. The minimum absolute atomic E-state index is 0.150. The van der Waals surface area contributed by atoms with E-state index in [1.54, 1.807) is 23.1 Å². The Balaban J connectivity index is 1.57. The monoisotopic (exact) mass is 323 g/mol. The van der Waals surface area contributed by atoms with Gasteiger partial charge in [0.15, 0.2) is 0 Å². The van der Waals surface area contributed by atoms with Crippen LogP contribution in [0.2, 0.25) is 0 Å². The lowest BCUT2D eigenvalue weighted by Gasteiger charge is -2.22. The summed E-state index contributed by atoms with van der Waals surface area (Å²) < 4.78 is 26.6. The van der Waals surface area contributed by atoms with Crippen molar-refractivity contribution in [3.05, 3.63) is 30.3 Å². The molecule has 2 aliphatic heterocycles. The first-order valence-electron chi connectivity index (χ1n) is 7.54. The molecule has 7 heteroatoms. The molecule has 1 unspecified atom stereocenters. The van der Waals surface area contributed by atoms with Crippen LogP contribution in [0.15, 0.2) is 35.2 Å². The molecule has 1 aromatic rings. The van der Waals surface area contributed by atoms with Gasteiger partial charge in [-0.3, -0.25) is 4.79 Å². The highest BCUT2D eigenvalue weighted by molar-refractivity contribution is 7.89. The highest BCUT2D eigenvalue weighted by Crippen LogP contribution is 2.35. The Morgan fingerprint density at radius 1 is 1.27 bits per heavy atom. The van der Waals surface area contributed by atoms with E-state index in [2.05, 4.69) is 10.0 Å². The third kappa shape index (κ3) is 3.16. The Bertz CT molecular complexity index is 639. The predicted octanol–water partition coefficient (Wildman–Crippen LogP) is 0.177. The molecule has 22 heavy (non-hydrogen) atoms. The highest BCUT2D eigenvalue weighted by Gasteiger charge is 2.41. The van der Waals surface area contributed by atoms with Crippen molar-refractivity contribution >= 4 is 15.9 Å². The zero-order valence-electron chi connectivity index (χ0n) is 12.4. The number of hydrogen-bond acceptors (Lipinski definition) is 4. The number of carbonyl (C=O) groups excluding carboxylic acids is 1. The molecule has 0 aromatic heterocycles. The first-order chi connectivity index (χ1) is 10.5. The Hall–Kier alpha value is -1.44. The lowest BCUT2D eigenvalue weighted by atomic mass is 9.87. The van der Waals surface area contributed by atoms with Gasteiger partial charge in [0, 0.05) is 25.0 Å². The molecule has 1 amide bonds. The van der Waals surface area contributed by atoms with Crippen LogP contribution < -0.4 is 10.0 Å². The lowest BCUT2D eigenvalue weighted by molar-refractivity contribution is -0.129. The van der Waals surface area contributed by atoms with Gasteiger partial charge in [0.25, 0.3) is 0 Å². The number of nitrogens with one attached hydrogen (secondary N) is 2. The van der Waals surface area contributed by atoms with Gasteiger partial charge in [0.05, 0.1) is 11.4 Å². The zero-order valence-corrected chi connectivity index (χ0v) is 13.2. The van der Waals surface area contributed by atoms with E-state index in [1.807, 2.05) is 0 Å². The van der Waals surface area contributed by atoms with Crippen LogP contribution in [0.1, 0.15) is 12.8 Å². The molecule has 1 spiro atoms. The second kappa shape index (κ2) is 5.98. The SMILES string of the molecule is O=C(CNS(=O)(=O)c1ccccc1)N1CCC2(CCNC2)C1. The molecule has 1 atom stereocenters. The van der Waals surface area contributed by atoms with Crippen LogP contribution >= 0.6 is 0 Å². The maximum Gasteiger partial charge on any atom is 0.241 e. The average Bonchev–Trinajstić information content (AvgIpc) is 3.16. The molecular weight excluding hydrogens is 302 g/mol. The molecule has 0 radical (unpaired) electrons. The van der Waals surface area contributed by atoms with Crippen molar-refractivity contribution in [2.24, 2.45) is 5.41 Å². The minimum atomic E-state index is -3.62. The van der Waals surface area contributed by atoms with Crippen LogP contribution in [0.5, 0.6) is 0 Å². The average molecular weight is 323 g/mol. The normalized spacial score (nSPS) is 25.0. The molecular formula is C15H21N3O3S. The van der Waals surface area contributed by atoms with E-state index >= 15 is 0 Å². The second-order valence-electron chi connectivity index (χ2n) is 6.13. The molecule has 0 bridgehead atoms. The summed E-state index contributed by atoms with van der Waals surface area (Å²) in [4.78, 5) is 14.2. The van der Waals surface area contributed by atoms with Gasteiger partial charge < -0.3 is 10.2 Å². The summed E-state index contributed by atoms with van der Waals surface area (Å²) in [5, 5.41) is 3.34. The van der Waals surface area contributed by atoms with Crippen LogP contribution in [-0.4, -0.2) is 51.9 Å². The number of sulfonamides is 1. The van der Waals surface area contributed by atoms with E-state index in [9.17, 15) is 13.2 Å². The Kier molecular flexibility index (Phi) is 4.20. The van der Waals surface area contributed by atoms with Gasteiger partial charge in [-0.1, -0.05) is 18.2 Å². The number of likely N-dealkylation sites (tertiary alicyclic amines) is 1. The summed E-state index contributed by atoms with van der Waals surface area (Å²) >= 11 is 0. The van der Waals surface area contributed by atoms with Crippen LogP contribution in [0.4, 0.5) is 0 Å². The van der Waals surface area contributed by atoms with Crippen LogP contribution in [0.25, 0.3) is 0 Å². The third-order valence-electron chi connectivity index (χ3n) is 4.59. The number of benzene rings is 1. The Labute approximate surface area is 130 Å². The Morgan fingerprint density at radius 3 is 2.73 bits per heavy atom. The van der Waals surface area contributed by atoms with Crippen molar-refractivity contribution in [1.82, 2.24) is 14.9 Å². The van der Waals surface area contributed by atoms with Crippen molar-refractivity contribution in [2.75, 3.05) is 32.7 Å². The molecule has 2 saturated heterocycles. The molecule has 3 rings (SSSR count). The molecule has 0 saturated carbocycles. The van der Waals surface area contributed by atoms with Gasteiger partial charge >= 0.3 is 0 Å². The first kappa shape index (κ1) is 15.5. The highest BCUT2D eigenvalue weighted by atomic mass is 32.2. The first-order valence-corrected chi connectivity index (χ1v) is 9.02. The van der Waals surface area contributed by atoms with Gasteiger partial charge in [-0.05, 0) is 31.5 Å². The summed E-state index contributed by atoms with van der Waals surface area (Å²) in [7, 11) is -3.62. The number of amides is 1. The largest absolute Gasteiger partial charge is 0.341 e. The number of hydrogen-bond donors (Lipinski definition) is 2. The molecule has 2 aliphatic rings. The fourth-order valence-electron chi connectivity index (χ4n) is 3.24. The molecule has 1 aromatic carbocycles. The second-order valence-corrected chi connectivity index (χ2v) is 7.90. The molecule has 0 aliphatic carbocycles. The van der Waals surface area contributed by atoms with E-state index < -0.39 is 10.0 Å². The van der Waals surface area contributed by atoms with Crippen molar-refractivity contribution < 1.29 is 13.2 Å². The topological polar surface area (TPSA) is 78.5 Å². The lowest BCUT2D eigenvalue weighted by Crippen LogP contribution is -2.40. The van der Waals surface area contributed by atoms with Crippen molar-refractivity contribution in [3.63, 3.8) is 0 Å². The maximum atomic E-state index is 12.2. The van der Waals surface area contributed by atoms with Gasteiger partial charge in [0.2, 0.25) is 15.9 Å². The van der Waals surface area contributed by atoms with Gasteiger partial charge in [0.1, 0.15) is 0 Å². The van der Waals surface area contributed by atoms with Crippen LogP contribution in [0, 0.1) is 5.41 Å². The third-order valence-corrected chi connectivity index (χ3v) is 6.01. The summed E-state index contributed by atoms with van der Waals surface area (Å²) in [6.45, 7) is 3.22. The zero-order chi connectivity index (χ0) is 15.6. The molecule has 6 nitrogen and oxygen atoms in total. The fourth-order valence-corrected chi connectivity index (χ4v) is 4.24. The number of rotatable bonds is 4. The molecule has 2 N–H and O–H groups in total. The van der Waals surface area contributed by atoms with Crippen LogP contribution in [0.3, 0.4) is 0 Å². The molecule has 2 heterocycles. The van der Waals surface area contributed by atoms with Crippen molar-refractivity contribution in [3.8, 4) is 0 Å². The standard InChI is InChI=1S/C15H21N3O3S/c19-14(18-9-7-15(12-18)6-8-16-11-15)10-17-22(20,21)13-4-2-1-3-5-13/h1-5,16-17H,6-12H2. The van der Waals surface area contributed by atoms with E-state index in [-0.39, 0.29) is 22.8 Å². The summed E-state index contributed by atoms with van der Waals surface area (Å²) in [5.74, 6) is -0.150. The fraction of sp³-hybridized carbons (Fsp3) is 0.533. The van der Waals surface area contributed by atoms with Crippen molar-refractivity contribution in [1.29, 1.82) is 0 Å². The summed E-state index contributed by atoms with van der Waals surface area (Å²) in [6.07, 6.45) is 2.09. The number of carbonyl (C=O) groups is 1. The van der Waals surface area contributed by atoms with E-state index in [0.717, 1.165) is 32.5 Å². The van der Waals surface area contributed by atoms with Gasteiger partial charge in [-0.15, -0.1) is 0 Å². The van der Waals surface area contributed by atoms with Crippen molar-refractivity contribution in [2.45, 2.75) is 17.7 Å². The number of nitrogens with zero attached hydrogens (tertiary/aromatic N) is 1. The van der Waals surface area contributed by atoms with Gasteiger partial charge in [-0.25, -0.2) is 13.1 Å². The van der Waals surface area contributed by atoms with E-state index in [1.165, 1.54) is 12.1 Å². The van der Waals surface area contributed by atoms with Gasteiger partial charge in [-0.2, -0.15) is 0 Å². The van der Waals surface area contributed by atoms with Crippen LogP contribution in [-0.2, 0) is 14.8 Å².